The molecule has 0 aliphatic carbocycles. The van der Waals surface area contributed by atoms with Crippen molar-refractivity contribution in [2.75, 3.05) is 6.61 Å². The van der Waals surface area contributed by atoms with Gasteiger partial charge in [-0.1, -0.05) is 29.8 Å². The van der Waals surface area contributed by atoms with Gasteiger partial charge < -0.3 is 9.84 Å². The van der Waals surface area contributed by atoms with Crippen molar-refractivity contribution in [2.24, 2.45) is 0 Å². The lowest BCUT2D eigenvalue weighted by Gasteiger charge is -2.22. The van der Waals surface area contributed by atoms with E-state index in [0.717, 1.165) is 61.7 Å². The molecule has 0 unspecified atom stereocenters. The minimum Gasteiger partial charge on any atom is -0.493 e. The predicted octanol–water partition coefficient (Wildman–Crippen LogP) is 5.23. The minimum absolute atomic E-state index is 0.0233. The molecule has 1 aromatic heterocycles. The highest BCUT2D eigenvalue weighted by atomic mass is 16.5. The number of hydrogen-bond acceptors (Lipinski definition) is 3. The number of rotatable bonds is 3. The summed E-state index contributed by atoms with van der Waals surface area (Å²) >= 11 is 0. The van der Waals surface area contributed by atoms with Crippen LogP contribution in [0.4, 0.5) is 0 Å². The number of hydrogen-bond donors (Lipinski definition) is 1. The first kappa shape index (κ1) is 17.7. The number of carboxylic acids is 1. The molecule has 5 rings (SSSR count). The van der Waals surface area contributed by atoms with E-state index < -0.39 is 5.97 Å². The smallest absolute Gasteiger partial charge is 0.307 e. The molecular weight excluding hydrogens is 362 g/mol. The average molecular weight is 383 g/mol. The number of benzene rings is 3. The van der Waals surface area contributed by atoms with E-state index in [9.17, 15) is 9.90 Å². The molecule has 4 aromatic rings. The summed E-state index contributed by atoms with van der Waals surface area (Å²) in [6.45, 7) is 4.72. The zero-order valence-electron chi connectivity index (χ0n) is 16.5. The molecule has 0 saturated carbocycles. The van der Waals surface area contributed by atoms with Crippen molar-refractivity contribution in [1.82, 2.24) is 4.98 Å². The molecule has 29 heavy (non-hydrogen) atoms. The maximum absolute atomic E-state index is 11.7. The third-order valence-corrected chi connectivity index (χ3v) is 5.79. The highest BCUT2D eigenvalue weighted by molar-refractivity contribution is 6.08. The summed E-state index contributed by atoms with van der Waals surface area (Å²) in [5.41, 5.74) is 7.00. The van der Waals surface area contributed by atoms with Gasteiger partial charge in [-0.3, -0.25) is 9.78 Å². The molecular formula is C25H21NO3. The lowest BCUT2D eigenvalue weighted by atomic mass is 9.86. The lowest BCUT2D eigenvalue weighted by Crippen LogP contribution is -2.10. The highest BCUT2D eigenvalue weighted by Crippen LogP contribution is 2.42. The number of pyridine rings is 1. The standard InChI is InChI=1S/C25H21NO3/c1-14-3-4-17-12-15(2)19(13-22(27)28)24(20(17)11-14)18-5-6-21-23-16(8-10-29-21)7-9-26-25(18)23/h3-7,9,11-12H,8,10,13H2,1-2H3,(H,27,28). The van der Waals surface area contributed by atoms with Crippen LogP contribution in [0.5, 0.6) is 5.75 Å². The number of fused-ring (bicyclic) bond motifs is 1. The van der Waals surface area contributed by atoms with Gasteiger partial charge in [-0.15, -0.1) is 0 Å². The Morgan fingerprint density at radius 2 is 2.00 bits per heavy atom. The number of aryl methyl sites for hydroxylation is 2. The van der Waals surface area contributed by atoms with Crippen molar-refractivity contribution >= 4 is 27.6 Å². The van der Waals surface area contributed by atoms with E-state index in [1.54, 1.807) is 0 Å². The quantitative estimate of drug-likeness (QED) is 0.526. The third kappa shape index (κ3) is 2.83. The van der Waals surface area contributed by atoms with E-state index in [1.807, 2.05) is 25.3 Å². The highest BCUT2D eigenvalue weighted by Gasteiger charge is 2.22. The van der Waals surface area contributed by atoms with Crippen molar-refractivity contribution in [3.63, 3.8) is 0 Å². The van der Waals surface area contributed by atoms with Crippen LogP contribution in [0.25, 0.3) is 32.8 Å². The Bertz CT molecular complexity index is 1300. The van der Waals surface area contributed by atoms with E-state index in [1.165, 1.54) is 5.56 Å². The Hall–Kier alpha value is -3.40. The Morgan fingerprint density at radius 3 is 2.83 bits per heavy atom. The molecule has 1 aliphatic heterocycles. The molecule has 0 saturated heterocycles. The van der Waals surface area contributed by atoms with Crippen molar-refractivity contribution in [2.45, 2.75) is 26.7 Å². The molecule has 0 radical (unpaired) electrons. The van der Waals surface area contributed by atoms with Gasteiger partial charge in [-0.2, -0.15) is 0 Å². The van der Waals surface area contributed by atoms with E-state index in [0.29, 0.717) is 6.61 Å². The first-order valence-electron chi connectivity index (χ1n) is 9.81. The zero-order chi connectivity index (χ0) is 20.1. The second-order valence-corrected chi connectivity index (χ2v) is 7.75. The first-order valence-corrected chi connectivity index (χ1v) is 9.81. The fourth-order valence-electron chi connectivity index (χ4n) is 4.48. The molecule has 3 aromatic carbocycles. The van der Waals surface area contributed by atoms with Crippen LogP contribution in [0.15, 0.2) is 48.7 Å². The second-order valence-electron chi connectivity index (χ2n) is 7.75. The lowest BCUT2D eigenvalue weighted by molar-refractivity contribution is -0.136. The normalized spacial score (nSPS) is 12.9. The van der Waals surface area contributed by atoms with Crippen LogP contribution in [0.1, 0.15) is 22.3 Å². The van der Waals surface area contributed by atoms with Gasteiger partial charge in [0.2, 0.25) is 0 Å². The summed E-state index contributed by atoms with van der Waals surface area (Å²) in [4.78, 5) is 16.4. The van der Waals surface area contributed by atoms with Crippen molar-refractivity contribution in [3.05, 3.63) is 70.9 Å². The average Bonchev–Trinajstić information content (AvgIpc) is 2.70. The molecule has 4 nitrogen and oxygen atoms in total. The Labute approximate surface area is 168 Å². The van der Waals surface area contributed by atoms with Gasteiger partial charge in [0.25, 0.3) is 0 Å². The number of aliphatic carboxylic acids is 1. The van der Waals surface area contributed by atoms with Gasteiger partial charge in [0.05, 0.1) is 18.5 Å². The van der Waals surface area contributed by atoms with Crippen LogP contribution in [-0.2, 0) is 17.6 Å². The van der Waals surface area contributed by atoms with Crippen LogP contribution in [0.3, 0.4) is 0 Å². The minimum atomic E-state index is -0.833. The van der Waals surface area contributed by atoms with Crippen LogP contribution in [0.2, 0.25) is 0 Å². The fourth-order valence-corrected chi connectivity index (χ4v) is 4.48. The maximum atomic E-state index is 11.7. The predicted molar refractivity (Wildman–Crippen MR) is 115 cm³/mol. The summed E-state index contributed by atoms with van der Waals surface area (Å²) in [5, 5.41) is 12.8. The van der Waals surface area contributed by atoms with Gasteiger partial charge in [0, 0.05) is 23.6 Å². The Morgan fingerprint density at radius 1 is 1.14 bits per heavy atom. The number of nitrogens with zero attached hydrogens (tertiary/aromatic N) is 1. The SMILES string of the molecule is Cc1ccc2cc(C)c(CC(=O)O)c(-c3ccc4c5c(ccnc35)CCO4)c2c1. The van der Waals surface area contributed by atoms with E-state index in [-0.39, 0.29) is 6.42 Å². The van der Waals surface area contributed by atoms with Gasteiger partial charge in [-0.05, 0) is 65.1 Å². The molecule has 1 N–H and O–H groups in total. The van der Waals surface area contributed by atoms with Gasteiger partial charge >= 0.3 is 5.97 Å². The van der Waals surface area contributed by atoms with Gasteiger partial charge in [-0.25, -0.2) is 0 Å². The number of carboxylic acid groups (broad SMARTS) is 1. The van der Waals surface area contributed by atoms with Crippen LogP contribution in [-0.4, -0.2) is 22.7 Å². The molecule has 0 atom stereocenters. The van der Waals surface area contributed by atoms with E-state index in [4.69, 9.17) is 9.72 Å². The van der Waals surface area contributed by atoms with Crippen LogP contribution >= 0.6 is 0 Å². The molecule has 0 spiro atoms. The number of aromatic nitrogens is 1. The molecule has 2 heterocycles. The monoisotopic (exact) mass is 383 g/mol. The maximum Gasteiger partial charge on any atom is 0.307 e. The van der Waals surface area contributed by atoms with Gasteiger partial charge in [0.1, 0.15) is 5.75 Å². The second kappa shape index (κ2) is 6.59. The van der Waals surface area contributed by atoms with E-state index in [2.05, 4.69) is 37.3 Å². The number of ether oxygens (including phenoxy) is 1. The molecule has 0 bridgehead atoms. The third-order valence-electron chi connectivity index (χ3n) is 5.79. The molecule has 144 valence electrons. The Balaban J connectivity index is 1.94. The largest absolute Gasteiger partial charge is 0.493 e. The van der Waals surface area contributed by atoms with Crippen molar-refractivity contribution < 1.29 is 14.6 Å². The summed E-state index contributed by atoms with van der Waals surface area (Å²) in [6.07, 6.45) is 2.67. The van der Waals surface area contributed by atoms with E-state index >= 15 is 0 Å². The van der Waals surface area contributed by atoms with Crippen LogP contribution < -0.4 is 4.74 Å². The van der Waals surface area contributed by atoms with Gasteiger partial charge in [0.15, 0.2) is 0 Å². The summed E-state index contributed by atoms with van der Waals surface area (Å²) in [7, 11) is 0. The zero-order valence-corrected chi connectivity index (χ0v) is 16.5. The fraction of sp³-hybridized carbons (Fsp3) is 0.200. The Kier molecular flexibility index (Phi) is 4.02. The van der Waals surface area contributed by atoms with Crippen molar-refractivity contribution in [1.29, 1.82) is 0 Å². The summed E-state index contributed by atoms with van der Waals surface area (Å²) in [5.74, 6) is 0.0198. The first-order chi connectivity index (χ1) is 14.0. The molecule has 4 heteroatoms. The molecule has 1 aliphatic rings. The summed E-state index contributed by atoms with van der Waals surface area (Å²) < 4.78 is 5.88. The molecule has 0 fully saturated rings. The van der Waals surface area contributed by atoms with Crippen LogP contribution in [0, 0.1) is 13.8 Å². The summed E-state index contributed by atoms with van der Waals surface area (Å²) in [6, 6.07) is 14.5. The molecule has 0 amide bonds. The van der Waals surface area contributed by atoms with Crippen molar-refractivity contribution in [3.8, 4) is 16.9 Å². The topological polar surface area (TPSA) is 59.4 Å². The number of carbonyl (C=O) groups is 1.